The van der Waals surface area contributed by atoms with Crippen LogP contribution in [0.4, 0.5) is 4.79 Å². The van der Waals surface area contributed by atoms with E-state index in [4.69, 9.17) is 0 Å². The van der Waals surface area contributed by atoms with Crippen molar-refractivity contribution >= 4 is 17.8 Å². The topological polar surface area (TPSA) is 109 Å². The second kappa shape index (κ2) is 8.02. The third kappa shape index (κ3) is 3.89. The summed E-state index contributed by atoms with van der Waals surface area (Å²) in [5.74, 6) is -0.877. The molecule has 4 rings (SSSR count). The maximum atomic E-state index is 12.9. The number of nitrogens with one attached hydrogen (secondary N) is 2. The van der Waals surface area contributed by atoms with Crippen LogP contribution in [0, 0.1) is 0 Å². The first-order chi connectivity index (χ1) is 14.9. The minimum absolute atomic E-state index is 0.307. The summed E-state index contributed by atoms with van der Waals surface area (Å²) in [7, 11) is 0. The monoisotopic (exact) mass is 418 g/mol. The maximum absolute atomic E-state index is 12.9. The van der Waals surface area contributed by atoms with Crippen LogP contribution < -0.4 is 10.6 Å². The molecule has 0 aliphatic carbocycles. The van der Waals surface area contributed by atoms with Crippen LogP contribution in [0.15, 0.2) is 67.3 Å². The number of benzene rings is 2. The van der Waals surface area contributed by atoms with E-state index in [2.05, 4.69) is 20.7 Å². The first kappa shape index (κ1) is 20.3. The van der Waals surface area contributed by atoms with Gasteiger partial charge in [-0.1, -0.05) is 42.5 Å². The second-order valence-corrected chi connectivity index (χ2v) is 7.53. The Morgan fingerprint density at radius 1 is 1.13 bits per heavy atom. The third-order valence-corrected chi connectivity index (χ3v) is 5.38. The standard InChI is InChI=1S/C22H22N6O3/c1-15(16-8-10-18(11-9-16)28-14-23-13-24-28)25-19(29)12-27-20(30)22(2,26-21(27)31)17-6-4-3-5-7-17/h3-11,13-15H,12H2,1-2H3,(H,25,29)(H,26,31)/t15-,22+/m0/s1. The molecule has 3 aromatic rings. The third-order valence-electron chi connectivity index (χ3n) is 5.38. The van der Waals surface area contributed by atoms with Crippen LogP contribution in [-0.2, 0) is 15.1 Å². The number of imide groups is 1. The zero-order valence-electron chi connectivity index (χ0n) is 17.1. The highest BCUT2D eigenvalue weighted by molar-refractivity contribution is 6.09. The van der Waals surface area contributed by atoms with Crippen molar-refractivity contribution in [1.82, 2.24) is 30.3 Å². The zero-order valence-corrected chi connectivity index (χ0v) is 17.1. The van der Waals surface area contributed by atoms with E-state index in [9.17, 15) is 14.4 Å². The minimum Gasteiger partial charge on any atom is -0.348 e. The molecule has 0 saturated carbocycles. The average Bonchev–Trinajstić information content (AvgIpc) is 3.38. The molecule has 2 atom stereocenters. The Balaban J connectivity index is 1.40. The van der Waals surface area contributed by atoms with Crippen LogP contribution in [0.3, 0.4) is 0 Å². The van der Waals surface area contributed by atoms with Crippen molar-refractivity contribution in [3.63, 3.8) is 0 Å². The van der Waals surface area contributed by atoms with Gasteiger partial charge in [0.1, 0.15) is 24.7 Å². The molecule has 4 amide bonds. The molecule has 0 bridgehead atoms. The van der Waals surface area contributed by atoms with E-state index < -0.39 is 23.4 Å². The number of carbonyl (C=O) groups is 3. The van der Waals surface area contributed by atoms with Crippen molar-refractivity contribution in [2.24, 2.45) is 0 Å². The summed E-state index contributed by atoms with van der Waals surface area (Å²) in [4.78, 5) is 42.8. The summed E-state index contributed by atoms with van der Waals surface area (Å²) in [6.45, 7) is 3.12. The van der Waals surface area contributed by atoms with E-state index in [1.165, 1.54) is 6.33 Å². The second-order valence-electron chi connectivity index (χ2n) is 7.53. The highest BCUT2D eigenvalue weighted by atomic mass is 16.2. The van der Waals surface area contributed by atoms with Gasteiger partial charge in [0.25, 0.3) is 5.91 Å². The molecule has 0 unspecified atom stereocenters. The van der Waals surface area contributed by atoms with Gasteiger partial charge in [-0.3, -0.25) is 14.5 Å². The first-order valence-corrected chi connectivity index (χ1v) is 9.82. The molecule has 2 N–H and O–H groups in total. The molecule has 158 valence electrons. The largest absolute Gasteiger partial charge is 0.348 e. The molecule has 0 radical (unpaired) electrons. The summed E-state index contributed by atoms with van der Waals surface area (Å²) in [5, 5.41) is 9.61. The SMILES string of the molecule is C[C@H](NC(=O)CN1C(=O)N[C@](C)(c2ccccc2)C1=O)c1ccc(-n2cncn2)cc1. The van der Waals surface area contributed by atoms with Gasteiger partial charge < -0.3 is 10.6 Å². The molecule has 1 saturated heterocycles. The number of nitrogens with zero attached hydrogens (tertiary/aromatic N) is 4. The lowest BCUT2D eigenvalue weighted by Gasteiger charge is -2.22. The summed E-state index contributed by atoms with van der Waals surface area (Å²) in [5.41, 5.74) is 1.20. The van der Waals surface area contributed by atoms with E-state index in [0.717, 1.165) is 16.2 Å². The minimum atomic E-state index is -1.19. The van der Waals surface area contributed by atoms with Crippen LogP contribution in [0.5, 0.6) is 0 Å². The molecule has 1 fully saturated rings. The van der Waals surface area contributed by atoms with E-state index in [0.29, 0.717) is 5.56 Å². The number of hydrogen-bond acceptors (Lipinski definition) is 5. The first-order valence-electron chi connectivity index (χ1n) is 9.82. The van der Waals surface area contributed by atoms with Crippen molar-refractivity contribution in [2.75, 3.05) is 6.54 Å². The van der Waals surface area contributed by atoms with Crippen molar-refractivity contribution in [2.45, 2.75) is 25.4 Å². The molecular weight excluding hydrogens is 396 g/mol. The Morgan fingerprint density at radius 3 is 2.48 bits per heavy atom. The van der Waals surface area contributed by atoms with E-state index in [1.54, 1.807) is 42.2 Å². The zero-order chi connectivity index (χ0) is 22.0. The van der Waals surface area contributed by atoms with Gasteiger partial charge in [-0.25, -0.2) is 14.5 Å². The molecule has 2 aromatic carbocycles. The van der Waals surface area contributed by atoms with Crippen LogP contribution in [-0.4, -0.2) is 44.1 Å². The Bertz CT molecular complexity index is 1100. The van der Waals surface area contributed by atoms with E-state index >= 15 is 0 Å². The molecule has 9 nitrogen and oxygen atoms in total. The molecule has 2 heterocycles. The molecule has 0 spiro atoms. The summed E-state index contributed by atoms with van der Waals surface area (Å²) in [6.07, 6.45) is 3.05. The molecule has 1 aliphatic heterocycles. The number of carbonyl (C=O) groups excluding carboxylic acids is 3. The molecular formula is C22H22N6O3. The van der Waals surface area contributed by atoms with Gasteiger partial charge in [0.15, 0.2) is 0 Å². The van der Waals surface area contributed by atoms with E-state index in [1.807, 2.05) is 37.3 Å². The fourth-order valence-electron chi connectivity index (χ4n) is 3.58. The number of rotatable bonds is 6. The highest BCUT2D eigenvalue weighted by Crippen LogP contribution is 2.28. The number of aromatic nitrogens is 3. The lowest BCUT2D eigenvalue weighted by atomic mass is 9.92. The van der Waals surface area contributed by atoms with Gasteiger partial charge in [-0.05, 0) is 37.1 Å². The van der Waals surface area contributed by atoms with Crippen LogP contribution in [0.2, 0.25) is 0 Å². The fraction of sp³-hybridized carbons (Fsp3) is 0.227. The molecule has 1 aromatic heterocycles. The summed E-state index contributed by atoms with van der Waals surface area (Å²) < 4.78 is 1.63. The van der Waals surface area contributed by atoms with Crippen molar-refractivity contribution < 1.29 is 14.4 Å². The number of amides is 4. The Hall–Kier alpha value is -4.01. The fourth-order valence-corrected chi connectivity index (χ4v) is 3.58. The number of urea groups is 1. The van der Waals surface area contributed by atoms with Crippen LogP contribution in [0.25, 0.3) is 5.69 Å². The van der Waals surface area contributed by atoms with Crippen molar-refractivity contribution in [3.05, 3.63) is 78.4 Å². The Labute approximate surface area is 179 Å². The number of hydrogen-bond donors (Lipinski definition) is 2. The maximum Gasteiger partial charge on any atom is 0.325 e. The Morgan fingerprint density at radius 2 is 1.84 bits per heavy atom. The van der Waals surface area contributed by atoms with Gasteiger partial charge in [0, 0.05) is 0 Å². The van der Waals surface area contributed by atoms with E-state index in [-0.39, 0.29) is 12.6 Å². The predicted octanol–water partition coefficient (Wildman–Crippen LogP) is 1.91. The van der Waals surface area contributed by atoms with Crippen molar-refractivity contribution in [3.8, 4) is 5.69 Å². The van der Waals surface area contributed by atoms with Gasteiger partial charge in [-0.2, -0.15) is 5.10 Å². The van der Waals surface area contributed by atoms with Crippen molar-refractivity contribution in [1.29, 1.82) is 0 Å². The van der Waals surface area contributed by atoms with Crippen LogP contribution in [0.1, 0.15) is 31.0 Å². The molecule has 31 heavy (non-hydrogen) atoms. The Kier molecular flexibility index (Phi) is 5.24. The van der Waals surface area contributed by atoms with Gasteiger partial charge in [0.05, 0.1) is 11.7 Å². The summed E-state index contributed by atoms with van der Waals surface area (Å²) in [6, 6.07) is 15.6. The molecule has 9 heteroatoms. The van der Waals surface area contributed by atoms with Gasteiger partial charge in [0.2, 0.25) is 5.91 Å². The van der Waals surface area contributed by atoms with Gasteiger partial charge >= 0.3 is 6.03 Å². The lowest BCUT2D eigenvalue weighted by molar-refractivity contribution is -0.135. The molecule has 1 aliphatic rings. The smallest absolute Gasteiger partial charge is 0.325 e. The van der Waals surface area contributed by atoms with Gasteiger partial charge in [-0.15, -0.1) is 0 Å². The quantitative estimate of drug-likeness (QED) is 0.595. The lowest BCUT2D eigenvalue weighted by Crippen LogP contribution is -2.43. The normalized spacial score (nSPS) is 19.2. The predicted molar refractivity (Wildman–Crippen MR) is 112 cm³/mol. The highest BCUT2D eigenvalue weighted by Gasteiger charge is 2.49. The van der Waals surface area contributed by atoms with Crippen LogP contribution >= 0.6 is 0 Å². The average molecular weight is 418 g/mol. The summed E-state index contributed by atoms with van der Waals surface area (Å²) >= 11 is 0.